The first-order chi connectivity index (χ1) is 14.7. The zero-order valence-electron chi connectivity index (χ0n) is 18.7. The first kappa shape index (κ1) is 28.2. The second-order valence-electron chi connectivity index (χ2n) is 8.56. The normalized spacial score (nSPS) is 27.8. The van der Waals surface area contributed by atoms with Crippen LogP contribution >= 0.6 is 0 Å². The van der Waals surface area contributed by atoms with Gasteiger partial charge in [0, 0.05) is 18.9 Å². The SMILES string of the molecule is CCCCCCCCO[C@H]1O[C@H](C(O)CC(CO)(CO)CO)[C@@H](O)[C@H](O)[C@@H]1NC(C)=O. The van der Waals surface area contributed by atoms with Crippen LogP contribution < -0.4 is 5.32 Å². The predicted molar refractivity (Wildman–Crippen MR) is 112 cm³/mol. The molecule has 0 spiro atoms. The maximum atomic E-state index is 11.6. The molecule has 184 valence electrons. The quantitative estimate of drug-likeness (QED) is 0.155. The molecule has 1 saturated heterocycles. The summed E-state index contributed by atoms with van der Waals surface area (Å²) in [5.41, 5.74) is -1.38. The fourth-order valence-electron chi connectivity index (χ4n) is 3.72. The number of amides is 1. The molecule has 0 aromatic rings. The number of hydrogen-bond donors (Lipinski definition) is 7. The molecule has 0 aromatic heterocycles. The highest BCUT2D eigenvalue weighted by molar-refractivity contribution is 5.73. The molecule has 1 unspecified atom stereocenters. The average Bonchev–Trinajstić information content (AvgIpc) is 2.75. The lowest BCUT2D eigenvalue weighted by Crippen LogP contribution is -2.66. The van der Waals surface area contributed by atoms with Crippen LogP contribution in [0.2, 0.25) is 0 Å². The van der Waals surface area contributed by atoms with Crippen LogP contribution in [-0.4, -0.2) is 99.7 Å². The Hall–Kier alpha value is -0.850. The summed E-state index contributed by atoms with van der Waals surface area (Å²) in [6.07, 6.45) is -0.883. The van der Waals surface area contributed by atoms with Crippen molar-refractivity contribution >= 4 is 5.91 Å². The Morgan fingerprint density at radius 2 is 1.61 bits per heavy atom. The van der Waals surface area contributed by atoms with Crippen LogP contribution in [0.15, 0.2) is 0 Å². The van der Waals surface area contributed by atoms with Crippen LogP contribution in [0.5, 0.6) is 0 Å². The van der Waals surface area contributed by atoms with Gasteiger partial charge in [-0.25, -0.2) is 0 Å². The van der Waals surface area contributed by atoms with Crippen molar-refractivity contribution in [1.82, 2.24) is 5.32 Å². The lowest BCUT2D eigenvalue weighted by Gasteiger charge is -2.45. The van der Waals surface area contributed by atoms with E-state index < -0.39 is 67.9 Å². The molecule has 0 aromatic carbocycles. The summed E-state index contributed by atoms with van der Waals surface area (Å²) < 4.78 is 11.5. The van der Waals surface area contributed by atoms with Gasteiger partial charge < -0.3 is 45.4 Å². The number of ether oxygens (including phenoxy) is 2. The summed E-state index contributed by atoms with van der Waals surface area (Å²) in [5, 5.41) is 62.7. The molecule has 0 bridgehead atoms. The summed E-state index contributed by atoms with van der Waals surface area (Å²) in [7, 11) is 0. The topological polar surface area (TPSA) is 169 Å². The molecular weight excluding hydrogens is 410 g/mol. The van der Waals surface area contributed by atoms with Crippen molar-refractivity contribution in [2.45, 2.75) is 95.5 Å². The molecule has 7 N–H and O–H groups in total. The largest absolute Gasteiger partial charge is 0.396 e. The second kappa shape index (κ2) is 14.3. The van der Waals surface area contributed by atoms with Gasteiger partial charge in [-0.3, -0.25) is 4.79 Å². The number of unbranched alkanes of at least 4 members (excludes halogenated alkanes) is 5. The van der Waals surface area contributed by atoms with Crippen LogP contribution in [0.1, 0.15) is 58.8 Å². The standard InChI is InChI=1S/C21H41NO9/c1-3-4-5-6-7-8-9-30-20-16(22-14(2)26)17(28)18(29)19(31-20)15(27)10-21(11-23,12-24)13-25/h15-20,23-25,27-29H,3-13H2,1-2H3,(H,22,26)/t15?,16-,17+,18-,19+,20-/m0/s1. The zero-order chi connectivity index (χ0) is 23.4. The van der Waals surface area contributed by atoms with Gasteiger partial charge in [0.1, 0.15) is 24.4 Å². The van der Waals surface area contributed by atoms with E-state index in [1.165, 1.54) is 13.3 Å². The molecule has 31 heavy (non-hydrogen) atoms. The van der Waals surface area contributed by atoms with Crippen molar-refractivity contribution in [2.75, 3.05) is 26.4 Å². The Morgan fingerprint density at radius 1 is 1.03 bits per heavy atom. The van der Waals surface area contributed by atoms with Gasteiger partial charge in [-0.1, -0.05) is 39.0 Å². The minimum Gasteiger partial charge on any atom is -0.396 e. The fourth-order valence-corrected chi connectivity index (χ4v) is 3.72. The third-order valence-electron chi connectivity index (χ3n) is 5.82. The van der Waals surface area contributed by atoms with Crippen molar-refractivity contribution in [3.8, 4) is 0 Å². The van der Waals surface area contributed by atoms with Crippen LogP contribution in [0, 0.1) is 5.41 Å². The summed E-state index contributed by atoms with van der Waals surface area (Å²) in [4.78, 5) is 11.6. The van der Waals surface area contributed by atoms with Gasteiger partial charge in [0.05, 0.1) is 25.9 Å². The van der Waals surface area contributed by atoms with Crippen molar-refractivity contribution in [1.29, 1.82) is 0 Å². The van der Waals surface area contributed by atoms with E-state index in [0.29, 0.717) is 6.61 Å². The Labute approximate surface area is 184 Å². The molecule has 1 aliphatic heterocycles. The van der Waals surface area contributed by atoms with Gasteiger partial charge in [-0.15, -0.1) is 0 Å². The van der Waals surface area contributed by atoms with Gasteiger partial charge in [-0.2, -0.15) is 0 Å². The molecule has 0 aliphatic carbocycles. The highest BCUT2D eigenvalue weighted by Crippen LogP contribution is 2.30. The Bertz CT molecular complexity index is 495. The minimum absolute atomic E-state index is 0.278. The third kappa shape index (κ3) is 8.54. The van der Waals surface area contributed by atoms with Gasteiger partial charge in [0.15, 0.2) is 6.29 Å². The van der Waals surface area contributed by atoms with Crippen molar-refractivity contribution in [2.24, 2.45) is 5.41 Å². The highest BCUT2D eigenvalue weighted by Gasteiger charge is 2.49. The maximum Gasteiger partial charge on any atom is 0.217 e. The van der Waals surface area contributed by atoms with E-state index >= 15 is 0 Å². The maximum absolute atomic E-state index is 11.6. The van der Waals surface area contributed by atoms with Gasteiger partial charge in [0.2, 0.25) is 5.91 Å². The molecule has 0 radical (unpaired) electrons. The predicted octanol–water partition coefficient (Wildman–Crippen LogP) is -0.971. The van der Waals surface area contributed by atoms with E-state index in [4.69, 9.17) is 9.47 Å². The second-order valence-corrected chi connectivity index (χ2v) is 8.56. The van der Waals surface area contributed by atoms with Crippen LogP contribution in [0.4, 0.5) is 0 Å². The van der Waals surface area contributed by atoms with Crippen LogP contribution in [0.3, 0.4) is 0 Å². The Morgan fingerprint density at radius 3 is 2.16 bits per heavy atom. The summed E-state index contributed by atoms with van der Waals surface area (Å²) >= 11 is 0. The summed E-state index contributed by atoms with van der Waals surface area (Å²) in [6, 6.07) is -1.03. The lowest BCUT2D eigenvalue weighted by molar-refractivity contribution is -0.284. The van der Waals surface area contributed by atoms with E-state index in [1.54, 1.807) is 0 Å². The monoisotopic (exact) mass is 451 g/mol. The Kier molecular flexibility index (Phi) is 13.0. The first-order valence-electron chi connectivity index (χ1n) is 11.2. The van der Waals surface area contributed by atoms with Gasteiger partial charge in [0.25, 0.3) is 0 Å². The molecular formula is C21H41NO9. The summed E-state index contributed by atoms with van der Waals surface area (Å²) in [6.45, 7) is 1.95. The number of carbonyl (C=O) groups is 1. The number of aliphatic hydroxyl groups is 6. The lowest BCUT2D eigenvalue weighted by atomic mass is 9.81. The molecule has 1 rings (SSSR count). The van der Waals surface area contributed by atoms with E-state index in [-0.39, 0.29) is 6.42 Å². The molecule has 1 fully saturated rings. The number of aliphatic hydroxyl groups excluding tert-OH is 6. The number of nitrogens with one attached hydrogen (secondary N) is 1. The number of rotatable bonds is 15. The minimum atomic E-state index is -1.56. The van der Waals surface area contributed by atoms with Crippen molar-refractivity contribution in [3.63, 3.8) is 0 Å². The highest BCUT2D eigenvalue weighted by atomic mass is 16.7. The Balaban J connectivity index is 2.80. The van der Waals surface area contributed by atoms with E-state index in [0.717, 1.165) is 32.1 Å². The van der Waals surface area contributed by atoms with Crippen LogP contribution in [0.25, 0.3) is 0 Å². The van der Waals surface area contributed by atoms with E-state index in [2.05, 4.69) is 12.2 Å². The zero-order valence-corrected chi connectivity index (χ0v) is 18.7. The molecule has 10 nitrogen and oxygen atoms in total. The fraction of sp³-hybridized carbons (Fsp3) is 0.952. The molecule has 0 saturated carbocycles. The summed E-state index contributed by atoms with van der Waals surface area (Å²) in [5.74, 6) is -0.438. The van der Waals surface area contributed by atoms with Gasteiger partial charge in [-0.05, 0) is 12.8 Å². The van der Waals surface area contributed by atoms with Crippen LogP contribution in [-0.2, 0) is 14.3 Å². The number of hydrogen-bond acceptors (Lipinski definition) is 9. The third-order valence-corrected chi connectivity index (χ3v) is 5.82. The van der Waals surface area contributed by atoms with E-state index in [1.807, 2.05) is 0 Å². The van der Waals surface area contributed by atoms with Crippen molar-refractivity contribution in [3.05, 3.63) is 0 Å². The average molecular weight is 452 g/mol. The number of carbonyl (C=O) groups excluding carboxylic acids is 1. The van der Waals surface area contributed by atoms with Gasteiger partial charge >= 0.3 is 0 Å². The molecule has 6 atom stereocenters. The molecule has 10 heteroatoms. The smallest absolute Gasteiger partial charge is 0.217 e. The van der Waals surface area contributed by atoms with Crippen molar-refractivity contribution < 1.29 is 44.9 Å². The first-order valence-corrected chi connectivity index (χ1v) is 11.2. The van der Waals surface area contributed by atoms with E-state index in [9.17, 15) is 35.4 Å². The molecule has 1 heterocycles. The molecule has 1 amide bonds. The molecule has 1 aliphatic rings.